The number of hydrogen-bond donors (Lipinski definition) is 3. The maximum Gasteiger partial charge on any atom is 0.279 e. The predicted octanol–water partition coefficient (Wildman–Crippen LogP) is 2.64. The van der Waals surface area contributed by atoms with Crippen molar-refractivity contribution in [2.75, 3.05) is 6.54 Å². The molecule has 11 heteroatoms. The first kappa shape index (κ1) is 24.4. The van der Waals surface area contributed by atoms with Crippen LogP contribution in [-0.2, 0) is 21.2 Å². The lowest BCUT2D eigenvalue weighted by molar-refractivity contribution is -0.128. The number of amides is 2. The Morgan fingerprint density at radius 2 is 1.73 bits per heavy atom. The largest absolute Gasteiger partial charge is 0.481 e. The Labute approximate surface area is 194 Å². The summed E-state index contributed by atoms with van der Waals surface area (Å²) in [5, 5.41) is 1.93. The zero-order valence-electron chi connectivity index (χ0n) is 17.6. The first-order chi connectivity index (χ1) is 15.7. The molecular formula is C22H22FN3O5S2. The quantitative estimate of drug-likeness (QED) is 0.398. The fourth-order valence-corrected chi connectivity index (χ4v) is 4.44. The zero-order valence-corrected chi connectivity index (χ0v) is 19.2. The summed E-state index contributed by atoms with van der Waals surface area (Å²) in [6, 6.07) is 14.3. The molecule has 1 heterocycles. The molecule has 2 amide bonds. The van der Waals surface area contributed by atoms with Gasteiger partial charge in [-0.25, -0.2) is 17.5 Å². The van der Waals surface area contributed by atoms with E-state index >= 15 is 0 Å². The lowest BCUT2D eigenvalue weighted by Gasteiger charge is -2.15. The van der Waals surface area contributed by atoms with Crippen LogP contribution in [0.15, 0.2) is 70.9 Å². The predicted molar refractivity (Wildman–Crippen MR) is 122 cm³/mol. The Hall–Kier alpha value is -3.28. The molecule has 3 N–H and O–H groups in total. The van der Waals surface area contributed by atoms with Gasteiger partial charge in [-0.05, 0) is 73.3 Å². The van der Waals surface area contributed by atoms with Crippen molar-refractivity contribution in [2.24, 2.45) is 0 Å². The van der Waals surface area contributed by atoms with Crippen LogP contribution in [0, 0.1) is 5.82 Å². The summed E-state index contributed by atoms with van der Waals surface area (Å²) >= 11 is 1.55. The van der Waals surface area contributed by atoms with Crippen molar-refractivity contribution in [1.29, 1.82) is 0 Å². The number of hydrogen-bond acceptors (Lipinski definition) is 6. The SMILES string of the molecule is CC(Oc1ccc(F)cc1)C(=O)NNC(=O)c1ccc(S(=O)(=O)NCCc2cccs2)cc1. The molecule has 174 valence electrons. The summed E-state index contributed by atoms with van der Waals surface area (Å²) in [7, 11) is -3.71. The first-order valence-electron chi connectivity index (χ1n) is 9.89. The molecule has 0 radical (unpaired) electrons. The van der Waals surface area contributed by atoms with Crippen LogP contribution in [0.3, 0.4) is 0 Å². The number of benzene rings is 2. The van der Waals surface area contributed by atoms with E-state index in [1.807, 2.05) is 17.5 Å². The highest BCUT2D eigenvalue weighted by Crippen LogP contribution is 2.14. The van der Waals surface area contributed by atoms with Crippen molar-refractivity contribution < 1.29 is 27.1 Å². The number of rotatable bonds is 9. The number of ether oxygens (including phenoxy) is 1. The van der Waals surface area contributed by atoms with Gasteiger partial charge in [0.2, 0.25) is 10.0 Å². The third kappa shape index (κ3) is 7.11. The van der Waals surface area contributed by atoms with Gasteiger partial charge in [0.15, 0.2) is 6.10 Å². The third-order valence-corrected chi connectivity index (χ3v) is 6.88. The molecule has 8 nitrogen and oxygen atoms in total. The van der Waals surface area contributed by atoms with Crippen molar-refractivity contribution in [3.05, 3.63) is 82.3 Å². The molecule has 1 atom stereocenters. The van der Waals surface area contributed by atoms with Crippen molar-refractivity contribution in [3.8, 4) is 5.75 Å². The summed E-state index contributed by atoms with van der Waals surface area (Å²) in [6.07, 6.45) is -0.371. The summed E-state index contributed by atoms with van der Waals surface area (Å²) in [5.41, 5.74) is 4.62. The summed E-state index contributed by atoms with van der Waals surface area (Å²) in [5.74, 6) is -1.39. The van der Waals surface area contributed by atoms with E-state index in [1.54, 1.807) is 11.3 Å². The monoisotopic (exact) mass is 491 g/mol. The molecule has 0 fully saturated rings. The van der Waals surface area contributed by atoms with Crippen molar-refractivity contribution in [2.45, 2.75) is 24.3 Å². The number of thiophene rings is 1. The van der Waals surface area contributed by atoms with Crippen LogP contribution in [0.25, 0.3) is 0 Å². The molecule has 1 unspecified atom stereocenters. The minimum atomic E-state index is -3.71. The molecule has 0 saturated heterocycles. The van der Waals surface area contributed by atoms with Crippen LogP contribution >= 0.6 is 11.3 Å². The summed E-state index contributed by atoms with van der Waals surface area (Å²) < 4.78 is 45.6. The Balaban J connectivity index is 1.48. The van der Waals surface area contributed by atoms with Crippen molar-refractivity contribution in [1.82, 2.24) is 15.6 Å². The van der Waals surface area contributed by atoms with Gasteiger partial charge in [-0.3, -0.25) is 20.4 Å². The molecular weight excluding hydrogens is 469 g/mol. The molecule has 3 aromatic rings. The number of carbonyl (C=O) groups is 2. The fraction of sp³-hybridized carbons (Fsp3) is 0.182. The Morgan fingerprint density at radius 3 is 2.36 bits per heavy atom. The number of nitrogens with one attached hydrogen (secondary N) is 3. The van der Waals surface area contributed by atoms with E-state index in [4.69, 9.17) is 4.74 Å². The van der Waals surface area contributed by atoms with Gasteiger partial charge in [0.1, 0.15) is 11.6 Å². The van der Waals surface area contributed by atoms with E-state index in [9.17, 15) is 22.4 Å². The highest BCUT2D eigenvalue weighted by Gasteiger charge is 2.17. The van der Waals surface area contributed by atoms with Crippen LogP contribution in [-0.4, -0.2) is 32.9 Å². The third-order valence-electron chi connectivity index (χ3n) is 4.47. The zero-order chi connectivity index (χ0) is 23.8. The molecule has 0 aliphatic carbocycles. The van der Waals surface area contributed by atoms with Crippen molar-refractivity contribution in [3.63, 3.8) is 0 Å². The number of carbonyl (C=O) groups excluding carboxylic acids is 2. The average Bonchev–Trinajstić information content (AvgIpc) is 3.32. The van der Waals surface area contributed by atoms with Gasteiger partial charge < -0.3 is 4.74 Å². The minimum Gasteiger partial charge on any atom is -0.481 e. The van der Waals surface area contributed by atoms with Crippen LogP contribution in [0.4, 0.5) is 4.39 Å². The lowest BCUT2D eigenvalue weighted by Crippen LogP contribution is -2.47. The van der Waals surface area contributed by atoms with Gasteiger partial charge >= 0.3 is 0 Å². The molecule has 3 rings (SSSR count). The molecule has 1 aromatic heterocycles. The standard InChI is InChI=1S/C22H22FN3O5S2/c1-15(31-18-8-6-17(23)7-9-18)21(27)25-26-22(28)16-4-10-20(11-5-16)33(29,30)24-13-12-19-3-2-14-32-19/h2-11,14-15,24H,12-13H2,1H3,(H,25,27)(H,26,28). The summed E-state index contributed by atoms with van der Waals surface area (Å²) in [4.78, 5) is 25.5. The average molecular weight is 492 g/mol. The van der Waals surface area contributed by atoms with Gasteiger partial charge in [-0.1, -0.05) is 6.07 Å². The Morgan fingerprint density at radius 1 is 1.03 bits per heavy atom. The van der Waals surface area contributed by atoms with Gasteiger partial charge in [-0.2, -0.15) is 0 Å². The molecule has 33 heavy (non-hydrogen) atoms. The second kappa shape index (κ2) is 11.0. The maximum absolute atomic E-state index is 12.9. The van der Waals surface area contributed by atoms with E-state index in [0.717, 1.165) is 4.88 Å². The van der Waals surface area contributed by atoms with E-state index in [1.165, 1.54) is 55.5 Å². The molecule has 0 aliphatic heterocycles. The normalized spacial score (nSPS) is 12.1. The van der Waals surface area contributed by atoms with Gasteiger partial charge in [-0.15, -0.1) is 11.3 Å². The van der Waals surface area contributed by atoms with Crippen LogP contribution in [0.5, 0.6) is 5.75 Å². The minimum absolute atomic E-state index is 0.0237. The van der Waals surface area contributed by atoms with Crippen molar-refractivity contribution >= 4 is 33.2 Å². The Kier molecular flexibility index (Phi) is 8.15. The number of halogens is 1. The second-order valence-corrected chi connectivity index (χ2v) is 9.71. The number of sulfonamides is 1. The molecule has 0 bridgehead atoms. The highest BCUT2D eigenvalue weighted by molar-refractivity contribution is 7.89. The molecule has 0 aliphatic rings. The summed E-state index contributed by atoms with van der Waals surface area (Å²) in [6.45, 7) is 1.73. The van der Waals surface area contributed by atoms with E-state index in [2.05, 4.69) is 15.6 Å². The van der Waals surface area contributed by atoms with E-state index in [0.29, 0.717) is 12.2 Å². The second-order valence-electron chi connectivity index (χ2n) is 6.91. The Bertz CT molecular complexity index is 1180. The smallest absolute Gasteiger partial charge is 0.279 e. The van der Waals surface area contributed by atoms with Crippen LogP contribution in [0.2, 0.25) is 0 Å². The van der Waals surface area contributed by atoms with Gasteiger partial charge in [0.25, 0.3) is 11.8 Å². The van der Waals surface area contributed by atoms with Crippen LogP contribution in [0.1, 0.15) is 22.2 Å². The molecule has 0 spiro atoms. The van der Waals surface area contributed by atoms with E-state index in [-0.39, 0.29) is 17.0 Å². The first-order valence-corrected chi connectivity index (χ1v) is 12.3. The topological polar surface area (TPSA) is 114 Å². The lowest BCUT2D eigenvalue weighted by atomic mass is 10.2. The molecule has 0 saturated carbocycles. The maximum atomic E-state index is 12.9. The fourth-order valence-electron chi connectivity index (χ4n) is 2.70. The number of hydrazine groups is 1. The van der Waals surface area contributed by atoms with E-state index < -0.39 is 33.8 Å². The van der Waals surface area contributed by atoms with Crippen LogP contribution < -0.4 is 20.3 Å². The molecule has 2 aromatic carbocycles. The van der Waals surface area contributed by atoms with Gasteiger partial charge in [0, 0.05) is 17.0 Å². The van der Waals surface area contributed by atoms with Gasteiger partial charge in [0.05, 0.1) is 4.90 Å². The highest BCUT2D eigenvalue weighted by atomic mass is 32.2.